The van der Waals surface area contributed by atoms with Crippen molar-refractivity contribution in [1.82, 2.24) is 10.2 Å². The first-order chi connectivity index (χ1) is 14.0. The SMILES string of the molecule is CC(NC(=O)C1CCCC1)[C@@H](C)C(=O)N1CC[C@](F)(c2ccc(Cl)cc2)C(C)(C)C1. The predicted octanol–water partition coefficient (Wildman–Crippen LogP) is 5.09. The lowest BCUT2D eigenvalue weighted by Crippen LogP contribution is -2.57. The van der Waals surface area contributed by atoms with E-state index in [4.69, 9.17) is 11.6 Å². The van der Waals surface area contributed by atoms with Crippen LogP contribution in [0.3, 0.4) is 0 Å². The van der Waals surface area contributed by atoms with Gasteiger partial charge in [0.2, 0.25) is 11.8 Å². The van der Waals surface area contributed by atoms with Crippen LogP contribution in [0, 0.1) is 17.3 Å². The second-order valence-electron chi connectivity index (χ2n) is 9.77. The van der Waals surface area contributed by atoms with Gasteiger partial charge in [-0.3, -0.25) is 9.59 Å². The summed E-state index contributed by atoms with van der Waals surface area (Å²) in [4.78, 5) is 27.4. The largest absolute Gasteiger partial charge is 0.353 e. The van der Waals surface area contributed by atoms with Gasteiger partial charge in [-0.05, 0) is 37.5 Å². The van der Waals surface area contributed by atoms with E-state index >= 15 is 4.39 Å². The van der Waals surface area contributed by atoms with Crippen molar-refractivity contribution in [2.75, 3.05) is 13.1 Å². The number of carbonyl (C=O) groups excluding carboxylic acids is 2. The summed E-state index contributed by atoms with van der Waals surface area (Å²) in [7, 11) is 0. The molecular weight excluding hydrogens is 403 g/mol. The Morgan fingerprint density at radius 2 is 1.77 bits per heavy atom. The molecule has 1 aromatic rings. The molecule has 3 atom stereocenters. The minimum absolute atomic E-state index is 0.0274. The number of nitrogens with one attached hydrogen (secondary N) is 1. The lowest BCUT2D eigenvalue weighted by atomic mass is 9.67. The first-order valence-corrected chi connectivity index (χ1v) is 11.5. The molecule has 1 unspecified atom stereocenters. The molecule has 6 heteroatoms. The third kappa shape index (κ3) is 4.51. The van der Waals surface area contributed by atoms with Crippen molar-refractivity contribution in [3.05, 3.63) is 34.9 Å². The Bertz CT molecular complexity index is 776. The van der Waals surface area contributed by atoms with Gasteiger partial charge in [0.25, 0.3) is 0 Å². The molecule has 1 aliphatic heterocycles. The number of halogens is 2. The second kappa shape index (κ2) is 8.86. The number of hydrogen-bond acceptors (Lipinski definition) is 2. The van der Waals surface area contributed by atoms with Crippen LogP contribution in [0.25, 0.3) is 0 Å². The van der Waals surface area contributed by atoms with Crippen LogP contribution in [0.2, 0.25) is 5.02 Å². The van der Waals surface area contributed by atoms with E-state index in [1.54, 1.807) is 29.2 Å². The normalized spacial score (nSPS) is 26.3. The maximum atomic E-state index is 16.1. The summed E-state index contributed by atoms with van der Waals surface area (Å²) >= 11 is 5.97. The highest BCUT2D eigenvalue weighted by molar-refractivity contribution is 6.30. The summed E-state index contributed by atoms with van der Waals surface area (Å²) in [6.07, 6.45) is 4.31. The molecule has 1 N–H and O–H groups in total. The average molecular weight is 437 g/mol. The van der Waals surface area contributed by atoms with E-state index in [0.717, 1.165) is 25.7 Å². The van der Waals surface area contributed by atoms with Gasteiger partial charge >= 0.3 is 0 Å². The molecule has 2 fully saturated rings. The zero-order valence-electron chi connectivity index (χ0n) is 18.5. The van der Waals surface area contributed by atoms with Crippen LogP contribution in [-0.2, 0) is 15.3 Å². The van der Waals surface area contributed by atoms with Gasteiger partial charge in [0, 0.05) is 41.9 Å². The number of nitrogens with zero attached hydrogens (tertiary/aromatic N) is 1. The van der Waals surface area contributed by atoms with Crippen molar-refractivity contribution in [3.63, 3.8) is 0 Å². The Kier molecular flexibility index (Phi) is 6.81. The molecule has 1 aliphatic carbocycles. The second-order valence-corrected chi connectivity index (χ2v) is 10.2. The van der Waals surface area contributed by atoms with Crippen molar-refractivity contribution in [2.45, 2.75) is 71.5 Å². The van der Waals surface area contributed by atoms with Crippen molar-refractivity contribution in [3.8, 4) is 0 Å². The number of carbonyl (C=O) groups is 2. The van der Waals surface area contributed by atoms with Gasteiger partial charge in [-0.2, -0.15) is 0 Å². The van der Waals surface area contributed by atoms with Crippen LogP contribution in [0.1, 0.15) is 65.4 Å². The first-order valence-electron chi connectivity index (χ1n) is 11.1. The molecular formula is C24H34ClFN2O2. The Hall–Kier alpha value is -1.62. The predicted molar refractivity (Wildman–Crippen MR) is 118 cm³/mol. The Morgan fingerprint density at radius 1 is 1.17 bits per heavy atom. The molecule has 3 rings (SSSR count). The summed E-state index contributed by atoms with van der Waals surface area (Å²) in [6, 6.07) is 6.66. The molecule has 1 aromatic carbocycles. The molecule has 4 nitrogen and oxygen atoms in total. The van der Waals surface area contributed by atoms with E-state index < -0.39 is 11.1 Å². The van der Waals surface area contributed by atoms with Crippen LogP contribution in [0.5, 0.6) is 0 Å². The lowest BCUT2D eigenvalue weighted by molar-refractivity contribution is -0.146. The van der Waals surface area contributed by atoms with Gasteiger partial charge in [0.05, 0.1) is 5.92 Å². The maximum Gasteiger partial charge on any atom is 0.227 e. The molecule has 1 heterocycles. The van der Waals surface area contributed by atoms with Gasteiger partial charge in [-0.15, -0.1) is 0 Å². The van der Waals surface area contributed by atoms with Gasteiger partial charge in [-0.1, -0.05) is 57.3 Å². The fourth-order valence-electron chi connectivity index (χ4n) is 4.90. The summed E-state index contributed by atoms with van der Waals surface area (Å²) in [5.74, 6) is -0.242. The average Bonchev–Trinajstić information content (AvgIpc) is 3.24. The summed E-state index contributed by atoms with van der Waals surface area (Å²) in [5, 5.41) is 3.62. The molecule has 1 saturated carbocycles. The van der Waals surface area contributed by atoms with Crippen molar-refractivity contribution >= 4 is 23.4 Å². The van der Waals surface area contributed by atoms with Crippen molar-refractivity contribution in [1.29, 1.82) is 0 Å². The molecule has 0 spiro atoms. The number of piperidine rings is 1. The smallest absolute Gasteiger partial charge is 0.227 e. The summed E-state index contributed by atoms with van der Waals surface area (Å²) in [5.41, 5.74) is -1.67. The number of rotatable bonds is 5. The first kappa shape index (κ1) is 23.1. The molecule has 2 amide bonds. The standard InChI is InChI=1S/C24H34ClFN2O2/c1-16(17(2)27-21(29)18-7-5-6-8-18)22(30)28-14-13-24(26,23(3,4)15-28)19-9-11-20(25)12-10-19/h9-12,16-18H,5-8,13-15H2,1-4H3,(H,27,29)/t16-,17?,24+/m1/s1. The van der Waals surface area contributed by atoms with E-state index in [9.17, 15) is 9.59 Å². The number of hydrogen-bond donors (Lipinski definition) is 1. The fraction of sp³-hybridized carbons (Fsp3) is 0.667. The molecule has 30 heavy (non-hydrogen) atoms. The quantitative estimate of drug-likeness (QED) is 0.698. The number of likely N-dealkylation sites (tertiary alicyclic amines) is 1. The topological polar surface area (TPSA) is 49.4 Å². The van der Waals surface area contributed by atoms with Gasteiger partial charge in [-0.25, -0.2) is 4.39 Å². The van der Waals surface area contributed by atoms with Crippen LogP contribution < -0.4 is 5.32 Å². The molecule has 1 saturated heterocycles. The van der Waals surface area contributed by atoms with E-state index in [1.807, 2.05) is 27.7 Å². The molecule has 2 aliphatic rings. The zero-order chi connectivity index (χ0) is 22.1. The van der Waals surface area contributed by atoms with Gasteiger partial charge < -0.3 is 10.2 Å². The van der Waals surface area contributed by atoms with Crippen LogP contribution in [-0.4, -0.2) is 35.8 Å². The van der Waals surface area contributed by atoms with E-state index in [0.29, 0.717) is 23.7 Å². The molecule has 0 aromatic heterocycles. The van der Waals surface area contributed by atoms with E-state index in [-0.39, 0.29) is 36.1 Å². The Labute approximate surface area is 184 Å². The third-order valence-corrected chi connectivity index (χ3v) is 7.49. The highest BCUT2D eigenvalue weighted by atomic mass is 35.5. The third-order valence-electron chi connectivity index (χ3n) is 7.23. The summed E-state index contributed by atoms with van der Waals surface area (Å²) in [6.45, 7) is 8.17. The maximum absolute atomic E-state index is 16.1. The number of benzene rings is 1. The number of alkyl halides is 1. The highest BCUT2D eigenvalue weighted by Crippen LogP contribution is 2.49. The van der Waals surface area contributed by atoms with Crippen LogP contribution in [0.15, 0.2) is 24.3 Å². The molecule has 0 bridgehead atoms. The molecule has 0 radical (unpaired) electrons. The monoisotopic (exact) mass is 436 g/mol. The minimum atomic E-state index is -1.53. The van der Waals surface area contributed by atoms with Gasteiger partial charge in [0.15, 0.2) is 0 Å². The molecule has 166 valence electrons. The highest BCUT2D eigenvalue weighted by Gasteiger charge is 2.52. The minimum Gasteiger partial charge on any atom is -0.353 e. The van der Waals surface area contributed by atoms with E-state index in [1.165, 1.54) is 0 Å². The fourth-order valence-corrected chi connectivity index (χ4v) is 5.03. The summed E-state index contributed by atoms with van der Waals surface area (Å²) < 4.78 is 16.1. The number of amides is 2. The zero-order valence-corrected chi connectivity index (χ0v) is 19.3. The van der Waals surface area contributed by atoms with Gasteiger partial charge in [0.1, 0.15) is 5.67 Å². The lowest BCUT2D eigenvalue weighted by Gasteiger charge is -2.49. The van der Waals surface area contributed by atoms with Crippen molar-refractivity contribution < 1.29 is 14.0 Å². The Morgan fingerprint density at radius 3 is 2.33 bits per heavy atom. The van der Waals surface area contributed by atoms with E-state index in [2.05, 4.69) is 5.32 Å². The van der Waals surface area contributed by atoms with Crippen LogP contribution in [0.4, 0.5) is 4.39 Å². The van der Waals surface area contributed by atoms with Crippen LogP contribution >= 0.6 is 11.6 Å². The van der Waals surface area contributed by atoms with Crippen molar-refractivity contribution in [2.24, 2.45) is 17.3 Å². The Balaban J connectivity index is 1.65.